The number of rotatable bonds is 4. The fraction of sp³-hybridized carbons (Fsp3) is 0.462. The number of sulfonamides is 1. The highest BCUT2D eigenvalue weighted by molar-refractivity contribution is 7.89. The number of nitrogens with two attached hydrogens (primary N) is 1. The summed E-state index contributed by atoms with van der Waals surface area (Å²) in [4.78, 5) is 0.169. The van der Waals surface area contributed by atoms with Gasteiger partial charge in [-0.1, -0.05) is 42.7 Å². The zero-order chi connectivity index (χ0) is 15.0. The lowest BCUT2D eigenvalue weighted by Gasteiger charge is -2.25. The summed E-state index contributed by atoms with van der Waals surface area (Å²) < 4.78 is 27.8. The van der Waals surface area contributed by atoms with E-state index in [0.717, 1.165) is 25.7 Å². The minimum atomic E-state index is -3.69. The lowest BCUT2D eigenvalue weighted by Crippen LogP contribution is -2.43. The summed E-state index contributed by atoms with van der Waals surface area (Å²) in [6, 6.07) is 4.54. The van der Waals surface area contributed by atoms with E-state index in [0.29, 0.717) is 5.56 Å². The molecular weight excluding hydrogens is 316 g/mol. The number of thiocarbonyl (C=S) groups is 1. The predicted molar refractivity (Wildman–Crippen MR) is 84.5 cm³/mol. The van der Waals surface area contributed by atoms with Crippen LogP contribution in [0.2, 0.25) is 5.02 Å². The summed E-state index contributed by atoms with van der Waals surface area (Å²) in [5.74, 6) is 0. The highest BCUT2D eigenvalue weighted by Gasteiger charge is 2.34. The van der Waals surface area contributed by atoms with Crippen LogP contribution in [-0.2, 0) is 10.0 Å². The van der Waals surface area contributed by atoms with Gasteiger partial charge in [-0.2, -0.15) is 0 Å². The third-order valence-corrected chi connectivity index (χ3v) is 5.95. The van der Waals surface area contributed by atoms with Crippen molar-refractivity contribution in [3.63, 3.8) is 0 Å². The zero-order valence-electron chi connectivity index (χ0n) is 11.1. The van der Waals surface area contributed by atoms with E-state index in [1.165, 1.54) is 12.1 Å². The normalized spacial score (nSPS) is 18.1. The third-order valence-electron chi connectivity index (χ3n) is 3.59. The molecule has 110 valence electrons. The van der Waals surface area contributed by atoms with E-state index in [9.17, 15) is 8.42 Å². The fourth-order valence-corrected chi connectivity index (χ4v) is 4.62. The van der Waals surface area contributed by atoms with Gasteiger partial charge < -0.3 is 5.73 Å². The highest BCUT2D eigenvalue weighted by Crippen LogP contribution is 2.32. The summed E-state index contributed by atoms with van der Waals surface area (Å²) in [7, 11) is -3.69. The second kappa shape index (κ2) is 5.60. The van der Waals surface area contributed by atoms with Crippen LogP contribution in [0, 0.1) is 0 Å². The Morgan fingerprint density at radius 2 is 2.00 bits per heavy atom. The molecule has 0 aromatic heterocycles. The van der Waals surface area contributed by atoms with Crippen LogP contribution in [0.1, 0.15) is 38.2 Å². The first-order valence-corrected chi connectivity index (χ1v) is 8.64. The molecule has 1 fully saturated rings. The first kappa shape index (κ1) is 15.7. The number of nitrogens with one attached hydrogen (secondary N) is 1. The van der Waals surface area contributed by atoms with E-state index in [2.05, 4.69) is 4.72 Å². The fourth-order valence-electron chi connectivity index (χ4n) is 2.50. The molecule has 0 radical (unpaired) electrons. The van der Waals surface area contributed by atoms with Gasteiger partial charge in [-0.3, -0.25) is 0 Å². The Morgan fingerprint density at radius 1 is 1.40 bits per heavy atom. The monoisotopic (exact) mass is 332 g/mol. The molecule has 20 heavy (non-hydrogen) atoms. The van der Waals surface area contributed by atoms with Crippen molar-refractivity contribution in [3.05, 3.63) is 28.8 Å². The molecule has 1 aliphatic carbocycles. The van der Waals surface area contributed by atoms with Gasteiger partial charge in [0.25, 0.3) is 0 Å². The van der Waals surface area contributed by atoms with Gasteiger partial charge in [-0.25, -0.2) is 13.1 Å². The number of halogens is 1. The average molecular weight is 333 g/mol. The van der Waals surface area contributed by atoms with Crippen molar-refractivity contribution in [2.75, 3.05) is 0 Å². The van der Waals surface area contributed by atoms with Crippen LogP contribution in [0.25, 0.3) is 0 Å². The molecule has 0 atom stereocenters. The molecule has 0 unspecified atom stereocenters. The van der Waals surface area contributed by atoms with Gasteiger partial charge in [0, 0.05) is 11.1 Å². The molecule has 1 aliphatic rings. The van der Waals surface area contributed by atoms with Crippen molar-refractivity contribution in [2.24, 2.45) is 5.73 Å². The molecule has 1 aromatic rings. The Balaban J connectivity index is 2.38. The lowest BCUT2D eigenvalue weighted by atomic mass is 10.0. The first-order valence-electron chi connectivity index (χ1n) is 6.37. The van der Waals surface area contributed by atoms with Gasteiger partial charge in [0.05, 0.1) is 5.02 Å². The summed E-state index contributed by atoms with van der Waals surface area (Å²) in [5, 5.41) is 0.166. The Hall–Kier alpha value is -0.690. The Morgan fingerprint density at radius 3 is 2.55 bits per heavy atom. The largest absolute Gasteiger partial charge is 0.389 e. The van der Waals surface area contributed by atoms with Crippen LogP contribution in [0.15, 0.2) is 23.1 Å². The minimum absolute atomic E-state index is 0.0255. The number of hydrogen-bond donors (Lipinski definition) is 2. The van der Waals surface area contributed by atoms with Crippen molar-refractivity contribution in [1.82, 2.24) is 4.72 Å². The first-order chi connectivity index (χ1) is 9.23. The summed E-state index contributed by atoms with van der Waals surface area (Å²) in [5.41, 5.74) is 5.62. The summed E-state index contributed by atoms with van der Waals surface area (Å²) in [6.07, 6.45) is 3.72. The quantitative estimate of drug-likeness (QED) is 0.831. The summed E-state index contributed by atoms with van der Waals surface area (Å²) >= 11 is 10.9. The van der Waals surface area contributed by atoms with Gasteiger partial charge >= 0.3 is 0 Å². The predicted octanol–water partition coefficient (Wildman–Crippen LogP) is 2.59. The van der Waals surface area contributed by atoms with Crippen LogP contribution >= 0.6 is 23.8 Å². The molecule has 3 N–H and O–H groups in total. The van der Waals surface area contributed by atoms with Crippen LogP contribution in [-0.4, -0.2) is 18.9 Å². The lowest BCUT2D eigenvalue weighted by molar-refractivity contribution is 0.427. The number of hydrogen-bond acceptors (Lipinski definition) is 3. The minimum Gasteiger partial charge on any atom is -0.389 e. The van der Waals surface area contributed by atoms with Gasteiger partial charge in [-0.15, -0.1) is 0 Å². The van der Waals surface area contributed by atoms with Crippen molar-refractivity contribution in [2.45, 2.75) is 43.0 Å². The van der Waals surface area contributed by atoms with Gasteiger partial charge in [0.15, 0.2) is 0 Å². The maximum atomic E-state index is 12.5. The van der Waals surface area contributed by atoms with Crippen molar-refractivity contribution in [1.29, 1.82) is 0 Å². The smallest absolute Gasteiger partial charge is 0.242 e. The van der Waals surface area contributed by atoms with Gasteiger partial charge in [0.1, 0.15) is 9.88 Å². The van der Waals surface area contributed by atoms with Crippen LogP contribution in [0.5, 0.6) is 0 Å². The topological polar surface area (TPSA) is 72.2 Å². The number of benzene rings is 1. The molecule has 1 saturated carbocycles. The van der Waals surface area contributed by atoms with E-state index in [1.54, 1.807) is 6.07 Å². The second-order valence-corrected chi connectivity index (χ2v) is 7.88. The van der Waals surface area contributed by atoms with Crippen molar-refractivity contribution >= 4 is 38.8 Å². The Bertz CT molecular complexity index is 638. The maximum Gasteiger partial charge on any atom is 0.242 e. The zero-order valence-corrected chi connectivity index (χ0v) is 13.5. The van der Waals surface area contributed by atoms with E-state index in [4.69, 9.17) is 29.6 Å². The van der Waals surface area contributed by atoms with Crippen molar-refractivity contribution in [3.8, 4) is 0 Å². The molecule has 1 aromatic carbocycles. The second-order valence-electron chi connectivity index (χ2n) is 5.38. The maximum absolute atomic E-state index is 12.5. The van der Waals surface area contributed by atoms with E-state index < -0.39 is 15.6 Å². The molecule has 0 bridgehead atoms. The van der Waals surface area contributed by atoms with Gasteiger partial charge in [0.2, 0.25) is 10.0 Å². The standard InChI is InChI=1S/C13H17ClN2O2S2/c1-13(6-2-3-7-13)16-20(17,18)11-8-9(12(15)19)4-5-10(11)14/h4-5,8,16H,2-3,6-7H2,1H3,(H2,15,19). The van der Waals surface area contributed by atoms with E-state index in [1.807, 2.05) is 6.92 Å². The van der Waals surface area contributed by atoms with Crippen LogP contribution in [0.4, 0.5) is 0 Å². The van der Waals surface area contributed by atoms with Crippen LogP contribution < -0.4 is 10.5 Å². The van der Waals surface area contributed by atoms with Crippen molar-refractivity contribution < 1.29 is 8.42 Å². The molecule has 7 heteroatoms. The van der Waals surface area contributed by atoms with Crippen LogP contribution in [0.3, 0.4) is 0 Å². The third kappa shape index (κ3) is 3.31. The molecule has 4 nitrogen and oxygen atoms in total. The molecule has 0 heterocycles. The highest BCUT2D eigenvalue weighted by atomic mass is 35.5. The molecule has 2 rings (SSSR count). The van der Waals surface area contributed by atoms with E-state index >= 15 is 0 Å². The molecular formula is C13H17ClN2O2S2. The average Bonchev–Trinajstić information content (AvgIpc) is 2.74. The molecule has 0 aliphatic heterocycles. The molecule has 0 amide bonds. The van der Waals surface area contributed by atoms with Gasteiger partial charge in [-0.05, 0) is 31.9 Å². The van der Waals surface area contributed by atoms with E-state index in [-0.39, 0.29) is 14.9 Å². The summed E-state index contributed by atoms with van der Waals surface area (Å²) in [6.45, 7) is 1.92. The molecule has 0 spiro atoms. The molecule has 0 saturated heterocycles. The SMILES string of the molecule is CC1(NS(=O)(=O)c2cc(C(N)=S)ccc2Cl)CCCC1. The Kier molecular flexibility index (Phi) is 4.39. The Labute approximate surface area is 129 Å².